The SMILES string of the molecule is Cc1c(CBr)ccc2cc(Cl)sc12. The maximum Gasteiger partial charge on any atom is 0.0940 e. The van der Waals surface area contributed by atoms with E-state index in [4.69, 9.17) is 11.6 Å². The van der Waals surface area contributed by atoms with Crippen molar-refractivity contribution in [3.63, 3.8) is 0 Å². The molecule has 0 nitrogen and oxygen atoms in total. The lowest BCUT2D eigenvalue weighted by Crippen LogP contribution is -1.82. The third-order valence-corrected chi connectivity index (χ3v) is 4.16. The molecule has 0 aliphatic rings. The zero-order valence-electron chi connectivity index (χ0n) is 7.10. The molecule has 0 N–H and O–H groups in total. The zero-order chi connectivity index (χ0) is 9.42. The Labute approximate surface area is 94.7 Å². The summed E-state index contributed by atoms with van der Waals surface area (Å²) in [5, 5.41) is 2.15. The highest BCUT2D eigenvalue weighted by molar-refractivity contribution is 9.08. The highest BCUT2D eigenvalue weighted by Crippen LogP contribution is 2.33. The van der Waals surface area contributed by atoms with Crippen LogP contribution in [-0.2, 0) is 5.33 Å². The second kappa shape index (κ2) is 3.60. The Morgan fingerprint density at radius 2 is 2.23 bits per heavy atom. The predicted molar refractivity (Wildman–Crippen MR) is 64.2 cm³/mol. The van der Waals surface area contributed by atoms with E-state index in [1.165, 1.54) is 21.2 Å². The minimum atomic E-state index is 0.866. The summed E-state index contributed by atoms with van der Waals surface area (Å²) in [6, 6.07) is 6.29. The van der Waals surface area contributed by atoms with Gasteiger partial charge in [0.2, 0.25) is 0 Å². The Morgan fingerprint density at radius 1 is 1.46 bits per heavy atom. The molecule has 0 spiro atoms. The van der Waals surface area contributed by atoms with E-state index in [1.807, 2.05) is 6.07 Å². The van der Waals surface area contributed by atoms with E-state index in [1.54, 1.807) is 11.3 Å². The average molecular weight is 276 g/mol. The van der Waals surface area contributed by atoms with E-state index in [0.29, 0.717) is 0 Å². The molecule has 0 aliphatic carbocycles. The summed E-state index contributed by atoms with van der Waals surface area (Å²) in [7, 11) is 0. The number of halogens is 2. The molecule has 3 heteroatoms. The first-order chi connectivity index (χ1) is 6.22. The van der Waals surface area contributed by atoms with Crippen LogP contribution < -0.4 is 0 Å². The van der Waals surface area contributed by atoms with Crippen LogP contribution in [0.5, 0.6) is 0 Å². The topological polar surface area (TPSA) is 0 Å². The van der Waals surface area contributed by atoms with E-state index in [-0.39, 0.29) is 0 Å². The molecule has 0 saturated carbocycles. The van der Waals surface area contributed by atoms with E-state index >= 15 is 0 Å². The molecule has 1 heterocycles. The summed E-state index contributed by atoms with van der Waals surface area (Å²) >= 11 is 11.1. The number of alkyl halides is 1. The summed E-state index contributed by atoms with van der Waals surface area (Å²) in [6.07, 6.45) is 0. The van der Waals surface area contributed by atoms with Crippen molar-refractivity contribution < 1.29 is 0 Å². The second-order valence-corrected chi connectivity index (χ2v) is 5.20. The van der Waals surface area contributed by atoms with Gasteiger partial charge in [0.15, 0.2) is 0 Å². The van der Waals surface area contributed by atoms with Crippen LogP contribution in [0, 0.1) is 6.92 Å². The summed E-state index contributed by atoms with van der Waals surface area (Å²) in [6.45, 7) is 2.14. The minimum Gasteiger partial charge on any atom is -0.123 e. The quantitative estimate of drug-likeness (QED) is 0.658. The number of rotatable bonds is 1. The van der Waals surface area contributed by atoms with Crippen LogP contribution in [-0.4, -0.2) is 0 Å². The average Bonchev–Trinajstić information content (AvgIpc) is 2.47. The normalized spacial score (nSPS) is 11.0. The van der Waals surface area contributed by atoms with E-state index in [9.17, 15) is 0 Å². The lowest BCUT2D eigenvalue weighted by Gasteiger charge is -2.01. The molecule has 2 rings (SSSR count). The number of thiophene rings is 1. The van der Waals surface area contributed by atoms with Gasteiger partial charge < -0.3 is 0 Å². The number of benzene rings is 1. The largest absolute Gasteiger partial charge is 0.123 e. The smallest absolute Gasteiger partial charge is 0.0940 e. The van der Waals surface area contributed by atoms with Crippen molar-refractivity contribution >= 4 is 49.0 Å². The lowest BCUT2D eigenvalue weighted by molar-refractivity contribution is 1.37. The van der Waals surface area contributed by atoms with Gasteiger partial charge in [-0.05, 0) is 29.5 Å². The number of aryl methyl sites for hydroxylation is 1. The van der Waals surface area contributed by atoms with E-state index in [2.05, 4.69) is 35.0 Å². The predicted octanol–water partition coefficient (Wildman–Crippen LogP) is 4.76. The molecule has 0 unspecified atom stereocenters. The molecule has 0 aliphatic heterocycles. The molecule has 0 radical (unpaired) electrons. The van der Waals surface area contributed by atoms with E-state index < -0.39 is 0 Å². The van der Waals surface area contributed by atoms with Gasteiger partial charge in [-0.1, -0.05) is 39.7 Å². The summed E-state index contributed by atoms with van der Waals surface area (Å²) in [5.41, 5.74) is 2.68. The molecular formula is C10H8BrClS. The lowest BCUT2D eigenvalue weighted by atomic mass is 10.1. The molecular weight excluding hydrogens is 268 g/mol. The van der Waals surface area contributed by atoms with Crippen LogP contribution in [0.4, 0.5) is 0 Å². The Balaban J connectivity index is 2.78. The van der Waals surface area contributed by atoms with Gasteiger partial charge in [0, 0.05) is 10.0 Å². The first-order valence-corrected chi connectivity index (χ1v) is 6.27. The van der Waals surface area contributed by atoms with Crippen molar-refractivity contribution in [1.82, 2.24) is 0 Å². The van der Waals surface area contributed by atoms with Crippen LogP contribution in [0.1, 0.15) is 11.1 Å². The van der Waals surface area contributed by atoms with Gasteiger partial charge in [0.1, 0.15) is 0 Å². The van der Waals surface area contributed by atoms with Crippen LogP contribution in [0.25, 0.3) is 10.1 Å². The van der Waals surface area contributed by atoms with Crippen LogP contribution in [0.15, 0.2) is 18.2 Å². The molecule has 0 fully saturated rings. The molecule has 68 valence electrons. The highest BCUT2D eigenvalue weighted by Gasteiger charge is 2.05. The molecule has 0 atom stereocenters. The maximum absolute atomic E-state index is 5.96. The molecule has 1 aromatic heterocycles. The first kappa shape index (κ1) is 9.50. The summed E-state index contributed by atoms with van der Waals surface area (Å²) in [4.78, 5) is 0. The number of hydrogen-bond donors (Lipinski definition) is 0. The van der Waals surface area contributed by atoms with Crippen molar-refractivity contribution in [3.05, 3.63) is 33.7 Å². The molecule has 1 aromatic carbocycles. The fourth-order valence-electron chi connectivity index (χ4n) is 1.40. The molecule has 0 amide bonds. The Hall–Kier alpha value is -0.0500. The first-order valence-electron chi connectivity index (χ1n) is 3.96. The van der Waals surface area contributed by atoms with Crippen molar-refractivity contribution in [1.29, 1.82) is 0 Å². The van der Waals surface area contributed by atoms with Crippen molar-refractivity contribution in [2.45, 2.75) is 12.3 Å². The Kier molecular flexibility index (Phi) is 2.63. The van der Waals surface area contributed by atoms with Crippen LogP contribution in [0.2, 0.25) is 4.34 Å². The molecule has 0 saturated heterocycles. The van der Waals surface area contributed by atoms with Gasteiger partial charge in [0.05, 0.1) is 4.34 Å². The van der Waals surface area contributed by atoms with Crippen LogP contribution in [0.3, 0.4) is 0 Å². The standard InChI is InChI=1S/C10H8BrClS/c1-6-8(5-11)3-2-7-4-9(12)13-10(6)7/h2-4H,5H2,1H3. The molecule has 13 heavy (non-hydrogen) atoms. The fourth-order valence-corrected chi connectivity index (χ4v) is 3.26. The third-order valence-electron chi connectivity index (χ3n) is 2.16. The van der Waals surface area contributed by atoms with Gasteiger partial charge in [-0.15, -0.1) is 11.3 Å². The molecule has 2 aromatic rings. The third kappa shape index (κ3) is 1.63. The summed E-state index contributed by atoms with van der Waals surface area (Å²) < 4.78 is 2.17. The fraction of sp³-hybridized carbons (Fsp3) is 0.200. The van der Waals surface area contributed by atoms with Gasteiger partial charge in [0.25, 0.3) is 0 Å². The van der Waals surface area contributed by atoms with Crippen molar-refractivity contribution in [2.75, 3.05) is 0 Å². The minimum absolute atomic E-state index is 0.866. The van der Waals surface area contributed by atoms with Crippen molar-refractivity contribution in [2.24, 2.45) is 0 Å². The van der Waals surface area contributed by atoms with Gasteiger partial charge >= 0.3 is 0 Å². The van der Waals surface area contributed by atoms with Crippen molar-refractivity contribution in [3.8, 4) is 0 Å². The Morgan fingerprint density at radius 3 is 2.92 bits per heavy atom. The monoisotopic (exact) mass is 274 g/mol. The van der Waals surface area contributed by atoms with Gasteiger partial charge in [-0.3, -0.25) is 0 Å². The number of fused-ring (bicyclic) bond motifs is 1. The zero-order valence-corrected chi connectivity index (χ0v) is 10.3. The maximum atomic E-state index is 5.96. The van der Waals surface area contributed by atoms with Gasteiger partial charge in [-0.2, -0.15) is 0 Å². The Bertz CT molecular complexity index is 447. The number of hydrogen-bond acceptors (Lipinski definition) is 1. The van der Waals surface area contributed by atoms with Gasteiger partial charge in [-0.25, -0.2) is 0 Å². The van der Waals surface area contributed by atoms with Crippen LogP contribution >= 0.6 is 38.9 Å². The molecule has 0 bridgehead atoms. The highest BCUT2D eigenvalue weighted by atomic mass is 79.9. The second-order valence-electron chi connectivity index (χ2n) is 2.95. The van der Waals surface area contributed by atoms with E-state index in [0.717, 1.165) is 9.67 Å². The summed E-state index contributed by atoms with van der Waals surface area (Å²) in [5.74, 6) is 0.